The van der Waals surface area contributed by atoms with Crippen molar-refractivity contribution >= 4 is 20.2 Å². The molecule has 8 heteroatoms. The van der Waals surface area contributed by atoms with E-state index in [0.29, 0.717) is 6.42 Å². The van der Waals surface area contributed by atoms with Gasteiger partial charge >= 0.3 is 0 Å². The van der Waals surface area contributed by atoms with Crippen molar-refractivity contribution in [1.29, 1.82) is 0 Å². The van der Waals surface area contributed by atoms with Crippen LogP contribution in [0.4, 0.5) is 0 Å². The Balaban J connectivity index is 0. The molecule has 0 rings (SSSR count). The second-order valence-corrected chi connectivity index (χ2v) is 6.05. The van der Waals surface area contributed by atoms with Crippen LogP contribution in [0.2, 0.25) is 0 Å². The maximum atomic E-state index is 11.0. The zero-order chi connectivity index (χ0) is 13.2. The van der Waals surface area contributed by atoms with Gasteiger partial charge in [-0.2, -0.15) is 16.8 Å². The highest BCUT2D eigenvalue weighted by Crippen LogP contribution is 1.99. The molecule has 0 aliphatic rings. The summed E-state index contributed by atoms with van der Waals surface area (Å²) in [5.74, 6) is -0.964. The van der Waals surface area contributed by atoms with Crippen molar-refractivity contribution in [3.05, 3.63) is 13.2 Å². The van der Waals surface area contributed by atoms with Crippen LogP contribution < -0.4 is 0 Å². The van der Waals surface area contributed by atoms with Gasteiger partial charge in [-0.3, -0.25) is 8.74 Å². The molecule has 16 heavy (non-hydrogen) atoms. The first-order valence-electron chi connectivity index (χ1n) is 4.59. The van der Waals surface area contributed by atoms with Gasteiger partial charge in [-0.05, 0) is 12.8 Å². The molecular weight excluding hydrogens is 256 g/mol. The second kappa shape index (κ2) is 8.68. The van der Waals surface area contributed by atoms with Gasteiger partial charge in [0.25, 0.3) is 20.2 Å². The molecule has 0 saturated carbocycles. The third kappa shape index (κ3) is 13.6. The molecule has 1 N–H and O–H groups in total. The van der Waals surface area contributed by atoms with Crippen LogP contribution in [0.15, 0.2) is 13.2 Å². The fourth-order valence-electron chi connectivity index (χ4n) is 0.687. The van der Waals surface area contributed by atoms with Gasteiger partial charge in [-0.25, -0.2) is 0 Å². The van der Waals surface area contributed by atoms with Gasteiger partial charge in [-0.1, -0.05) is 6.92 Å². The van der Waals surface area contributed by atoms with E-state index in [0.717, 1.165) is 0 Å². The molecule has 0 aliphatic heterocycles. The molecular formula is C8H18O6S2. The van der Waals surface area contributed by atoms with Crippen LogP contribution in [0, 0.1) is 0 Å². The first-order valence-corrected chi connectivity index (χ1v) is 7.78. The predicted molar refractivity (Wildman–Crippen MR) is 62.3 cm³/mol. The lowest BCUT2D eigenvalue weighted by Gasteiger charge is -2.02. The van der Waals surface area contributed by atoms with Crippen molar-refractivity contribution in [1.82, 2.24) is 0 Å². The van der Waals surface area contributed by atoms with E-state index in [1.807, 2.05) is 0 Å². The van der Waals surface area contributed by atoms with E-state index in [1.165, 1.54) is 0 Å². The van der Waals surface area contributed by atoms with Crippen molar-refractivity contribution in [2.45, 2.75) is 19.8 Å². The summed E-state index contributed by atoms with van der Waals surface area (Å²) in [6.07, 6.45) is 0.405. The van der Waals surface area contributed by atoms with E-state index >= 15 is 0 Å². The molecule has 0 aromatic heterocycles. The summed E-state index contributed by atoms with van der Waals surface area (Å²) in [7, 11) is -7.73. The quantitative estimate of drug-likeness (QED) is 0.419. The molecule has 0 saturated heterocycles. The first-order chi connectivity index (χ1) is 7.27. The third-order valence-corrected chi connectivity index (χ3v) is 3.38. The SMILES string of the molecule is C=C.CCCOS(=O)(=O)CCCS(=O)(=O)O. The normalized spacial score (nSPS) is 11.6. The highest BCUT2D eigenvalue weighted by atomic mass is 32.2. The van der Waals surface area contributed by atoms with Gasteiger partial charge in [-0.15, -0.1) is 13.2 Å². The predicted octanol–water partition coefficient (Wildman–Crippen LogP) is 0.823. The molecule has 0 aliphatic carbocycles. The molecule has 0 fully saturated rings. The number of rotatable bonds is 7. The Hall–Kier alpha value is -0.440. The standard InChI is InChI=1S/C6H14O6S2.C2H4/c1-2-4-12-14(10,11)6-3-5-13(7,8)9;1-2/h2-6H2,1H3,(H,7,8,9);1-2H2. The molecule has 0 bridgehead atoms. The van der Waals surface area contributed by atoms with E-state index in [9.17, 15) is 16.8 Å². The minimum atomic E-state index is -4.09. The summed E-state index contributed by atoms with van der Waals surface area (Å²) in [4.78, 5) is 0. The van der Waals surface area contributed by atoms with Crippen molar-refractivity contribution < 1.29 is 25.6 Å². The summed E-state index contributed by atoms with van der Waals surface area (Å²) < 4.78 is 55.3. The Bertz CT molecular complexity index is 356. The Labute approximate surface area is 97.2 Å². The summed E-state index contributed by atoms with van der Waals surface area (Å²) in [6.45, 7) is 7.85. The number of hydrogen-bond donors (Lipinski definition) is 1. The van der Waals surface area contributed by atoms with Crippen LogP contribution in [0.1, 0.15) is 19.8 Å². The number of hydrogen-bond acceptors (Lipinski definition) is 5. The molecule has 0 aromatic carbocycles. The summed E-state index contributed by atoms with van der Waals surface area (Å²) >= 11 is 0. The Morgan fingerprint density at radius 3 is 2.00 bits per heavy atom. The molecule has 0 aromatic rings. The summed E-state index contributed by atoms with van der Waals surface area (Å²) in [5, 5.41) is 0. The van der Waals surface area contributed by atoms with Crippen LogP contribution in [0.5, 0.6) is 0 Å². The van der Waals surface area contributed by atoms with Crippen LogP contribution in [-0.2, 0) is 24.4 Å². The van der Waals surface area contributed by atoms with Crippen molar-refractivity contribution in [2.24, 2.45) is 0 Å². The summed E-state index contributed by atoms with van der Waals surface area (Å²) in [5.41, 5.74) is 0. The minimum Gasteiger partial charge on any atom is -0.286 e. The maximum absolute atomic E-state index is 11.0. The summed E-state index contributed by atoms with van der Waals surface area (Å²) in [6, 6.07) is 0. The van der Waals surface area contributed by atoms with E-state index < -0.39 is 31.7 Å². The topological polar surface area (TPSA) is 97.7 Å². The Kier molecular flexibility index (Phi) is 9.73. The fraction of sp³-hybridized carbons (Fsp3) is 0.750. The van der Waals surface area contributed by atoms with Crippen LogP contribution >= 0.6 is 0 Å². The average Bonchev–Trinajstić information content (AvgIpc) is 2.16. The molecule has 6 nitrogen and oxygen atoms in total. The zero-order valence-corrected chi connectivity index (χ0v) is 10.9. The Morgan fingerprint density at radius 2 is 1.62 bits per heavy atom. The maximum Gasteiger partial charge on any atom is 0.267 e. The van der Waals surface area contributed by atoms with Gasteiger partial charge in [0.15, 0.2) is 0 Å². The van der Waals surface area contributed by atoms with Crippen molar-refractivity contribution in [2.75, 3.05) is 18.1 Å². The van der Waals surface area contributed by atoms with E-state index in [2.05, 4.69) is 17.3 Å². The molecule has 0 spiro atoms. The van der Waals surface area contributed by atoms with Gasteiger partial charge < -0.3 is 0 Å². The first kappa shape index (κ1) is 17.9. The fourth-order valence-corrected chi connectivity index (χ4v) is 2.42. The monoisotopic (exact) mass is 274 g/mol. The van der Waals surface area contributed by atoms with Crippen LogP contribution in [0.3, 0.4) is 0 Å². The Morgan fingerprint density at radius 1 is 1.12 bits per heavy atom. The van der Waals surface area contributed by atoms with Crippen LogP contribution in [-0.4, -0.2) is 39.5 Å². The second-order valence-electron chi connectivity index (χ2n) is 2.72. The third-order valence-electron chi connectivity index (χ3n) is 1.26. The van der Waals surface area contributed by atoms with E-state index in [4.69, 9.17) is 4.55 Å². The van der Waals surface area contributed by atoms with Gasteiger partial charge in [0.2, 0.25) is 0 Å². The molecule has 98 valence electrons. The lowest BCUT2D eigenvalue weighted by atomic mass is 10.5. The molecule has 0 heterocycles. The molecule has 0 atom stereocenters. The lowest BCUT2D eigenvalue weighted by molar-refractivity contribution is 0.318. The highest BCUT2D eigenvalue weighted by Gasteiger charge is 2.13. The van der Waals surface area contributed by atoms with Gasteiger partial charge in [0.05, 0.1) is 18.1 Å². The van der Waals surface area contributed by atoms with Crippen molar-refractivity contribution in [3.63, 3.8) is 0 Å². The molecule has 0 radical (unpaired) electrons. The largest absolute Gasteiger partial charge is 0.286 e. The highest BCUT2D eigenvalue weighted by molar-refractivity contribution is 7.87. The smallest absolute Gasteiger partial charge is 0.267 e. The average molecular weight is 274 g/mol. The van der Waals surface area contributed by atoms with Gasteiger partial charge in [0.1, 0.15) is 0 Å². The van der Waals surface area contributed by atoms with Gasteiger partial charge in [0, 0.05) is 0 Å². The molecule has 0 amide bonds. The van der Waals surface area contributed by atoms with Crippen molar-refractivity contribution in [3.8, 4) is 0 Å². The zero-order valence-electron chi connectivity index (χ0n) is 9.25. The van der Waals surface area contributed by atoms with E-state index in [-0.39, 0.29) is 13.0 Å². The van der Waals surface area contributed by atoms with Crippen LogP contribution in [0.25, 0.3) is 0 Å². The lowest BCUT2D eigenvalue weighted by Crippen LogP contribution is -2.14. The minimum absolute atomic E-state index is 0.0915. The van der Waals surface area contributed by atoms with E-state index in [1.54, 1.807) is 6.92 Å². The molecule has 0 unspecified atom stereocenters.